The molecule has 0 aromatic heterocycles. The van der Waals surface area contributed by atoms with Crippen molar-refractivity contribution in [3.63, 3.8) is 0 Å². The summed E-state index contributed by atoms with van der Waals surface area (Å²) in [6.45, 7) is 0. The highest BCUT2D eigenvalue weighted by Crippen LogP contribution is 2.39. The number of carbonyl (C=O) groups is 1. The van der Waals surface area contributed by atoms with Crippen LogP contribution in [0.25, 0.3) is 0 Å². The Morgan fingerprint density at radius 1 is 1.12 bits per heavy atom. The van der Waals surface area contributed by atoms with Gasteiger partial charge in [0.15, 0.2) is 5.78 Å². The van der Waals surface area contributed by atoms with Gasteiger partial charge in [-0.15, -0.1) is 0 Å². The SMILES string of the molecule is CN1C2CCC(C(=O)c3ccccc3)C1CC2. The molecule has 3 unspecified atom stereocenters. The Kier molecular flexibility index (Phi) is 2.75. The molecule has 2 fully saturated rings. The molecule has 3 atom stereocenters. The summed E-state index contributed by atoms with van der Waals surface area (Å²) in [7, 11) is 2.19. The van der Waals surface area contributed by atoms with Crippen LogP contribution in [0.15, 0.2) is 30.3 Å². The molecule has 2 bridgehead atoms. The number of ketones is 1. The lowest BCUT2D eigenvalue weighted by molar-refractivity contribution is 0.0712. The van der Waals surface area contributed by atoms with Gasteiger partial charge in [0.25, 0.3) is 0 Å². The summed E-state index contributed by atoms with van der Waals surface area (Å²) in [5.41, 5.74) is 0.885. The van der Waals surface area contributed by atoms with Gasteiger partial charge in [-0.1, -0.05) is 30.3 Å². The Balaban J connectivity index is 1.83. The highest BCUT2D eigenvalue weighted by molar-refractivity contribution is 5.98. The highest BCUT2D eigenvalue weighted by Gasteiger charge is 2.42. The van der Waals surface area contributed by atoms with Gasteiger partial charge in [-0.05, 0) is 32.7 Å². The lowest BCUT2D eigenvalue weighted by Crippen LogP contribution is -2.44. The number of nitrogens with zero attached hydrogens (tertiary/aromatic N) is 1. The third-order valence-electron chi connectivity index (χ3n) is 4.57. The van der Waals surface area contributed by atoms with Crippen molar-refractivity contribution < 1.29 is 4.79 Å². The average Bonchev–Trinajstić information content (AvgIpc) is 2.62. The molecule has 1 aromatic carbocycles. The van der Waals surface area contributed by atoms with Crippen LogP contribution in [0.5, 0.6) is 0 Å². The first-order chi connectivity index (χ1) is 8.27. The van der Waals surface area contributed by atoms with Crippen molar-refractivity contribution in [3.8, 4) is 0 Å². The molecular formula is C15H19NO. The van der Waals surface area contributed by atoms with Gasteiger partial charge in [0.1, 0.15) is 0 Å². The Labute approximate surface area is 103 Å². The number of fused-ring (bicyclic) bond motifs is 2. The van der Waals surface area contributed by atoms with E-state index in [1.165, 1.54) is 19.3 Å². The number of rotatable bonds is 2. The molecule has 0 amide bonds. The second kappa shape index (κ2) is 4.26. The number of hydrogen-bond donors (Lipinski definition) is 0. The number of piperidine rings is 1. The summed E-state index contributed by atoms with van der Waals surface area (Å²) in [5.74, 6) is 0.573. The van der Waals surface area contributed by atoms with E-state index in [9.17, 15) is 4.79 Å². The average molecular weight is 229 g/mol. The molecule has 3 rings (SSSR count). The van der Waals surface area contributed by atoms with Crippen LogP contribution in [0, 0.1) is 5.92 Å². The van der Waals surface area contributed by atoms with Crippen molar-refractivity contribution in [1.82, 2.24) is 4.90 Å². The molecule has 0 aliphatic carbocycles. The largest absolute Gasteiger partial charge is 0.300 e. The first kappa shape index (κ1) is 11.0. The Bertz CT molecular complexity index is 414. The summed E-state index contributed by atoms with van der Waals surface area (Å²) in [4.78, 5) is 14.9. The molecule has 2 nitrogen and oxygen atoms in total. The van der Waals surface area contributed by atoms with Gasteiger partial charge in [0.05, 0.1) is 0 Å². The minimum atomic E-state index is 0.223. The van der Waals surface area contributed by atoms with Gasteiger partial charge >= 0.3 is 0 Å². The van der Waals surface area contributed by atoms with E-state index in [2.05, 4.69) is 11.9 Å². The molecule has 17 heavy (non-hydrogen) atoms. The predicted molar refractivity (Wildman–Crippen MR) is 68.1 cm³/mol. The molecule has 2 heterocycles. The van der Waals surface area contributed by atoms with E-state index < -0.39 is 0 Å². The Hall–Kier alpha value is -1.15. The fraction of sp³-hybridized carbons (Fsp3) is 0.533. The molecular weight excluding hydrogens is 210 g/mol. The number of Topliss-reactive ketones (excluding diaryl/α,β-unsaturated/α-hetero) is 1. The normalized spacial score (nSPS) is 32.6. The van der Waals surface area contributed by atoms with Crippen molar-refractivity contribution in [1.29, 1.82) is 0 Å². The Morgan fingerprint density at radius 3 is 2.59 bits per heavy atom. The van der Waals surface area contributed by atoms with E-state index >= 15 is 0 Å². The Morgan fingerprint density at radius 2 is 1.82 bits per heavy atom. The highest BCUT2D eigenvalue weighted by atomic mass is 16.1. The fourth-order valence-electron chi connectivity index (χ4n) is 3.56. The molecule has 1 aromatic rings. The molecule has 0 radical (unpaired) electrons. The zero-order valence-corrected chi connectivity index (χ0v) is 10.3. The second-order valence-corrected chi connectivity index (χ2v) is 5.38. The molecule has 90 valence electrons. The molecule has 2 saturated heterocycles. The predicted octanol–water partition coefficient (Wildman–Crippen LogP) is 2.74. The summed E-state index contributed by atoms with van der Waals surface area (Å²) in [6, 6.07) is 11.0. The lowest BCUT2D eigenvalue weighted by atomic mass is 9.84. The van der Waals surface area contributed by atoms with Gasteiger partial charge in [0, 0.05) is 23.6 Å². The summed E-state index contributed by atoms with van der Waals surface area (Å²) >= 11 is 0. The van der Waals surface area contributed by atoms with Gasteiger partial charge < -0.3 is 0 Å². The van der Waals surface area contributed by atoms with Gasteiger partial charge in [0.2, 0.25) is 0 Å². The third-order valence-corrected chi connectivity index (χ3v) is 4.57. The maximum absolute atomic E-state index is 12.5. The zero-order valence-electron chi connectivity index (χ0n) is 10.3. The maximum Gasteiger partial charge on any atom is 0.167 e. The summed E-state index contributed by atoms with van der Waals surface area (Å²) < 4.78 is 0. The molecule has 2 aliphatic heterocycles. The zero-order chi connectivity index (χ0) is 11.8. The summed E-state index contributed by atoms with van der Waals surface area (Å²) in [6.07, 6.45) is 4.74. The van der Waals surface area contributed by atoms with E-state index in [1.807, 2.05) is 30.3 Å². The summed E-state index contributed by atoms with van der Waals surface area (Å²) in [5, 5.41) is 0. The van der Waals surface area contributed by atoms with Crippen molar-refractivity contribution in [3.05, 3.63) is 35.9 Å². The third kappa shape index (κ3) is 1.81. The molecule has 0 saturated carbocycles. The van der Waals surface area contributed by atoms with Crippen molar-refractivity contribution in [2.24, 2.45) is 5.92 Å². The van der Waals surface area contributed by atoms with E-state index in [4.69, 9.17) is 0 Å². The van der Waals surface area contributed by atoms with Crippen LogP contribution in [0.4, 0.5) is 0 Å². The van der Waals surface area contributed by atoms with E-state index in [1.54, 1.807) is 0 Å². The van der Waals surface area contributed by atoms with Crippen molar-refractivity contribution in [2.75, 3.05) is 7.05 Å². The van der Waals surface area contributed by atoms with Crippen LogP contribution in [-0.4, -0.2) is 29.8 Å². The smallest absolute Gasteiger partial charge is 0.167 e. The van der Waals surface area contributed by atoms with Crippen LogP contribution >= 0.6 is 0 Å². The minimum absolute atomic E-state index is 0.223. The van der Waals surface area contributed by atoms with Crippen LogP contribution in [0.2, 0.25) is 0 Å². The second-order valence-electron chi connectivity index (χ2n) is 5.38. The standard InChI is InChI=1S/C15H19NO/c1-16-12-7-9-13(14(16)10-8-12)15(17)11-5-3-2-4-6-11/h2-6,12-14H,7-10H2,1H3. The van der Waals surface area contributed by atoms with Crippen LogP contribution in [-0.2, 0) is 0 Å². The number of carbonyl (C=O) groups excluding carboxylic acids is 1. The van der Waals surface area contributed by atoms with Gasteiger partial charge in [-0.25, -0.2) is 0 Å². The minimum Gasteiger partial charge on any atom is -0.300 e. The van der Waals surface area contributed by atoms with Gasteiger partial charge in [-0.2, -0.15) is 0 Å². The first-order valence-electron chi connectivity index (χ1n) is 6.58. The first-order valence-corrected chi connectivity index (χ1v) is 6.58. The monoisotopic (exact) mass is 229 g/mol. The fourth-order valence-corrected chi connectivity index (χ4v) is 3.56. The van der Waals surface area contributed by atoms with Crippen LogP contribution < -0.4 is 0 Å². The number of benzene rings is 1. The van der Waals surface area contributed by atoms with Gasteiger partial charge in [-0.3, -0.25) is 9.69 Å². The topological polar surface area (TPSA) is 20.3 Å². The maximum atomic E-state index is 12.5. The van der Waals surface area contributed by atoms with Crippen molar-refractivity contribution >= 4 is 5.78 Å². The van der Waals surface area contributed by atoms with Crippen LogP contribution in [0.1, 0.15) is 36.0 Å². The quantitative estimate of drug-likeness (QED) is 0.727. The van der Waals surface area contributed by atoms with E-state index in [-0.39, 0.29) is 5.92 Å². The van der Waals surface area contributed by atoms with E-state index in [0.29, 0.717) is 11.8 Å². The number of hydrogen-bond acceptors (Lipinski definition) is 2. The molecule has 2 heteroatoms. The molecule has 0 spiro atoms. The molecule has 0 N–H and O–H groups in total. The van der Waals surface area contributed by atoms with Crippen LogP contribution in [0.3, 0.4) is 0 Å². The lowest BCUT2D eigenvalue weighted by Gasteiger charge is -2.36. The van der Waals surface area contributed by atoms with E-state index in [0.717, 1.165) is 18.0 Å². The molecule has 2 aliphatic rings. The van der Waals surface area contributed by atoms with Crippen molar-refractivity contribution in [2.45, 2.75) is 37.8 Å².